The summed E-state index contributed by atoms with van der Waals surface area (Å²) in [6.45, 7) is 2.12. The minimum atomic E-state index is -0.272. The molecule has 1 atom stereocenters. The summed E-state index contributed by atoms with van der Waals surface area (Å²) in [5.41, 5.74) is 9.86. The number of hydrogen-bond acceptors (Lipinski definition) is 2. The normalized spacial score (nSPS) is 14.0. The SMILES string of the molecule is CC(N)(Cc1ccccc1)Cc1ccnc2ccccc12. The zero-order valence-electron chi connectivity index (χ0n) is 12.3. The van der Waals surface area contributed by atoms with Crippen molar-refractivity contribution in [3.63, 3.8) is 0 Å². The van der Waals surface area contributed by atoms with Gasteiger partial charge in [-0.1, -0.05) is 48.5 Å². The van der Waals surface area contributed by atoms with Crippen molar-refractivity contribution in [1.82, 2.24) is 4.98 Å². The van der Waals surface area contributed by atoms with E-state index >= 15 is 0 Å². The van der Waals surface area contributed by atoms with Crippen LogP contribution in [0.4, 0.5) is 0 Å². The molecule has 0 aliphatic heterocycles. The number of rotatable bonds is 4. The Bertz CT molecular complexity index is 727. The third-order valence-corrected chi connectivity index (χ3v) is 3.78. The Balaban J connectivity index is 1.87. The number of nitrogens with two attached hydrogens (primary N) is 1. The van der Waals surface area contributed by atoms with Crippen molar-refractivity contribution in [2.45, 2.75) is 25.3 Å². The van der Waals surface area contributed by atoms with Gasteiger partial charge in [-0.2, -0.15) is 0 Å². The van der Waals surface area contributed by atoms with E-state index in [1.165, 1.54) is 16.5 Å². The van der Waals surface area contributed by atoms with E-state index in [-0.39, 0.29) is 5.54 Å². The number of hydrogen-bond donors (Lipinski definition) is 1. The van der Waals surface area contributed by atoms with Gasteiger partial charge in [-0.05, 0) is 43.0 Å². The fourth-order valence-corrected chi connectivity index (χ4v) is 2.87. The Morgan fingerprint density at radius 3 is 2.43 bits per heavy atom. The van der Waals surface area contributed by atoms with E-state index in [1.54, 1.807) is 0 Å². The molecule has 1 aromatic heterocycles. The largest absolute Gasteiger partial charge is 0.325 e. The number of aromatic nitrogens is 1. The van der Waals surface area contributed by atoms with Crippen LogP contribution in [0.1, 0.15) is 18.1 Å². The van der Waals surface area contributed by atoms with Crippen LogP contribution in [-0.2, 0) is 12.8 Å². The van der Waals surface area contributed by atoms with Crippen molar-refractivity contribution in [2.75, 3.05) is 0 Å². The second-order valence-corrected chi connectivity index (χ2v) is 5.98. The standard InChI is InChI=1S/C19H20N2/c1-19(20,13-15-7-3-2-4-8-15)14-16-11-12-21-18-10-6-5-9-17(16)18/h2-12H,13-14,20H2,1H3. The quantitative estimate of drug-likeness (QED) is 0.788. The zero-order chi connectivity index (χ0) is 14.7. The molecule has 3 aromatic rings. The first-order chi connectivity index (χ1) is 10.1. The molecule has 106 valence electrons. The Morgan fingerprint density at radius 1 is 0.905 bits per heavy atom. The lowest BCUT2D eigenvalue weighted by Gasteiger charge is -2.25. The lowest BCUT2D eigenvalue weighted by atomic mass is 9.86. The molecule has 0 radical (unpaired) electrons. The molecule has 0 aliphatic rings. The molecule has 0 spiro atoms. The molecule has 2 nitrogen and oxygen atoms in total. The predicted octanol–water partition coefficient (Wildman–Crippen LogP) is 3.74. The molecule has 0 fully saturated rings. The molecular weight excluding hydrogens is 256 g/mol. The van der Waals surface area contributed by atoms with Crippen LogP contribution in [0.25, 0.3) is 10.9 Å². The van der Waals surface area contributed by atoms with E-state index in [0.29, 0.717) is 0 Å². The maximum absolute atomic E-state index is 6.55. The second-order valence-electron chi connectivity index (χ2n) is 5.98. The molecule has 0 saturated carbocycles. The van der Waals surface area contributed by atoms with Gasteiger partial charge in [0, 0.05) is 17.1 Å². The Hall–Kier alpha value is -2.19. The summed E-state index contributed by atoms with van der Waals surface area (Å²) in [4.78, 5) is 4.42. The molecule has 0 saturated heterocycles. The third-order valence-electron chi connectivity index (χ3n) is 3.78. The highest BCUT2D eigenvalue weighted by atomic mass is 14.7. The topological polar surface area (TPSA) is 38.9 Å². The first-order valence-corrected chi connectivity index (χ1v) is 7.29. The van der Waals surface area contributed by atoms with Gasteiger partial charge >= 0.3 is 0 Å². The van der Waals surface area contributed by atoms with Gasteiger partial charge in [0.15, 0.2) is 0 Å². The van der Waals surface area contributed by atoms with E-state index in [4.69, 9.17) is 5.73 Å². The fourth-order valence-electron chi connectivity index (χ4n) is 2.87. The lowest BCUT2D eigenvalue weighted by molar-refractivity contribution is 0.464. The Morgan fingerprint density at radius 2 is 1.62 bits per heavy atom. The van der Waals surface area contributed by atoms with E-state index in [0.717, 1.165) is 18.4 Å². The number of nitrogens with zero attached hydrogens (tertiary/aromatic N) is 1. The van der Waals surface area contributed by atoms with Crippen molar-refractivity contribution in [1.29, 1.82) is 0 Å². The van der Waals surface area contributed by atoms with Crippen LogP contribution in [0.5, 0.6) is 0 Å². The fraction of sp³-hybridized carbons (Fsp3) is 0.211. The van der Waals surface area contributed by atoms with E-state index in [1.807, 2.05) is 24.4 Å². The predicted molar refractivity (Wildman–Crippen MR) is 88.2 cm³/mol. The van der Waals surface area contributed by atoms with Crippen LogP contribution >= 0.6 is 0 Å². The van der Waals surface area contributed by atoms with Gasteiger partial charge in [0.25, 0.3) is 0 Å². The average molecular weight is 276 g/mol. The van der Waals surface area contributed by atoms with Gasteiger partial charge in [-0.15, -0.1) is 0 Å². The smallest absolute Gasteiger partial charge is 0.0704 e. The van der Waals surface area contributed by atoms with Gasteiger partial charge in [0.2, 0.25) is 0 Å². The molecule has 3 rings (SSSR count). The monoisotopic (exact) mass is 276 g/mol. The highest BCUT2D eigenvalue weighted by Gasteiger charge is 2.20. The molecule has 0 bridgehead atoms. The van der Waals surface area contributed by atoms with Gasteiger partial charge in [0.1, 0.15) is 0 Å². The van der Waals surface area contributed by atoms with E-state index in [9.17, 15) is 0 Å². The average Bonchev–Trinajstić information content (AvgIpc) is 2.48. The number of benzene rings is 2. The van der Waals surface area contributed by atoms with Gasteiger partial charge in [0.05, 0.1) is 5.52 Å². The van der Waals surface area contributed by atoms with Crippen molar-refractivity contribution >= 4 is 10.9 Å². The van der Waals surface area contributed by atoms with Gasteiger partial charge in [-0.25, -0.2) is 0 Å². The zero-order valence-corrected chi connectivity index (χ0v) is 12.3. The highest BCUT2D eigenvalue weighted by molar-refractivity contribution is 5.81. The summed E-state index contributed by atoms with van der Waals surface area (Å²) in [6, 6.07) is 20.8. The van der Waals surface area contributed by atoms with Crippen LogP contribution in [0, 0.1) is 0 Å². The lowest BCUT2D eigenvalue weighted by Crippen LogP contribution is -2.41. The van der Waals surface area contributed by atoms with Gasteiger partial charge in [-0.3, -0.25) is 4.98 Å². The first kappa shape index (κ1) is 13.8. The molecular formula is C19H20N2. The number of pyridine rings is 1. The van der Waals surface area contributed by atoms with Crippen molar-refractivity contribution in [2.24, 2.45) is 5.73 Å². The minimum absolute atomic E-state index is 0.272. The summed E-state index contributed by atoms with van der Waals surface area (Å²) in [6.07, 6.45) is 3.58. The van der Waals surface area contributed by atoms with Crippen LogP contribution in [0.15, 0.2) is 66.9 Å². The molecule has 0 aliphatic carbocycles. The summed E-state index contributed by atoms with van der Waals surface area (Å²) in [7, 11) is 0. The Kier molecular flexibility index (Phi) is 3.72. The molecule has 2 heteroatoms. The summed E-state index contributed by atoms with van der Waals surface area (Å²) < 4.78 is 0. The molecule has 1 unspecified atom stereocenters. The van der Waals surface area contributed by atoms with Crippen LogP contribution in [0.2, 0.25) is 0 Å². The first-order valence-electron chi connectivity index (χ1n) is 7.29. The van der Waals surface area contributed by atoms with Crippen molar-refractivity contribution in [3.8, 4) is 0 Å². The highest BCUT2D eigenvalue weighted by Crippen LogP contribution is 2.22. The maximum atomic E-state index is 6.55. The Labute approximate surface area is 125 Å². The molecule has 21 heavy (non-hydrogen) atoms. The number of para-hydroxylation sites is 1. The summed E-state index contributed by atoms with van der Waals surface area (Å²) in [5.74, 6) is 0. The second kappa shape index (κ2) is 5.66. The van der Waals surface area contributed by atoms with E-state index in [2.05, 4.69) is 54.4 Å². The van der Waals surface area contributed by atoms with Crippen LogP contribution in [0.3, 0.4) is 0 Å². The number of fused-ring (bicyclic) bond motifs is 1. The van der Waals surface area contributed by atoms with Crippen LogP contribution in [-0.4, -0.2) is 10.5 Å². The van der Waals surface area contributed by atoms with Crippen molar-refractivity contribution in [3.05, 3.63) is 78.0 Å². The molecule has 2 N–H and O–H groups in total. The van der Waals surface area contributed by atoms with E-state index < -0.39 is 0 Å². The maximum Gasteiger partial charge on any atom is 0.0704 e. The summed E-state index contributed by atoms with van der Waals surface area (Å²) in [5, 5.41) is 1.20. The molecule has 0 amide bonds. The van der Waals surface area contributed by atoms with Crippen LogP contribution < -0.4 is 5.73 Å². The van der Waals surface area contributed by atoms with Gasteiger partial charge < -0.3 is 5.73 Å². The van der Waals surface area contributed by atoms with Crippen molar-refractivity contribution < 1.29 is 0 Å². The third kappa shape index (κ3) is 3.29. The molecule has 2 aromatic carbocycles. The summed E-state index contributed by atoms with van der Waals surface area (Å²) >= 11 is 0. The minimum Gasteiger partial charge on any atom is -0.325 e. The molecule has 1 heterocycles.